The lowest BCUT2D eigenvalue weighted by molar-refractivity contribution is -0.141. The van der Waals surface area contributed by atoms with E-state index in [2.05, 4.69) is 5.32 Å². The maximum absolute atomic E-state index is 13.1. The summed E-state index contributed by atoms with van der Waals surface area (Å²) in [5.41, 5.74) is 1.91. The number of carbonyl (C=O) groups is 2. The summed E-state index contributed by atoms with van der Waals surface area (Å²) < 4.78 is 5.73. The van der Waals surface area contributed by atoms with Crippen molar-refractivity contribution in [2.45, 2.75) is 52.6 Å². The molecule has 2 amide bonds. The number of likely N-dealkylation sites (N-methyl/N-ethyl adjacent to an activating group) is 1. The quantitative estimate of drug-likeness (QED) is 0.452. The highest BCUT2D eigenvalue weighted by atomic mass is 35.5. The fraction of sp³-hybridized carbons (Fsp3) is 0.417. The van der Waals surface area contributed by atoms with Crippen LogP contribution in [0.1, 0.15) is 44.2 Å². The number of rotatable bonds is 11. The van der Waals surface area contributed by atoms with Gasteiger partial charge in [0.2, 0.25) is 11.8 Å². The van der Waals surface area contributed by atoms with Crippen molar-refractivity contribution in [1.29, 1.82) is 0 Å². The van der Waals surface area contributed by atoms with Gasteiger partial charge in [0.25, 0.3) is 0 Å². The number of nitrogens with zero attached hydrogens (tertiary/aromatic N) is 1. The van der Waals surface area contributed by atoms with E-state index in [0.717, 1.165) is 16.9 Å². The average Bonchev–Trinajstić information content (AvgIpc) is 2.74. The zero-order valence-corrected chi connectivity index (χ0v) is 19.8. The van der Waals surface area contributed by atoms with E-state index in [0.29, 0.717) is 36.0 Å². The van der Waals surface area contributed by atoms with Gasteiger partial charge >= 0.3 is 0 Å². The normalized spacial score (nSPS) is 11.6. The van der Waals surface area contributed by atoms with Crippen LogP contribution >= 0.6 is 23.2 Å². The van der Waals surface area contributed by atoms with Gasteiger partial charge in [-0.15, -0.1) is 0 Å². The summed E-state index contributed by atoms with van der Waals surface area (Å²) in [7, 11) is 0. The topological polar surface area (TPSA) is 58.6 Å². The second-order valence-electron chi connectivity index (χ2n) is 7.34. The summed E-state index contributed by atoms with van der Waals surface area (Å²) in [5.74, 6) is 0.493. The van der Waals surface area contributed by atoms with Crippen LogP contribution in [0.5, 0.6) is 5.75 Å². The predicted molar refractivity (Wildman–Crippen MR) is 126 cm³/mol. The Morgan fingerprint density at radius 2 is 1.81 bits per heavy atom. The Morgan fingerprint density at radius 3 is 2.42 bits per heavy atom. The zero-order valence-electron chi connectivity index (χ0n) is 18.3. The van der Waals surface area contributed by atoms with Gasteiger partial charge in [-0.25, -0.2) is 0 Å². The predicted octanol–water partition coefficient (Wildman–Crippen LogP) is 5.40. The van der Waals surface area contributed by atoms with E-state index in [4.69, 9.17) is 27.9 Å². The lowest BCUT2D eigenvalue weighted by atomic mass is 10.1. The Morgan fingerprint density at radius 1 is 1.10 bits per heavy atom. The molecule has 0 aliphatic carbocycles. The summed E-state index contributed by atoms with van der Waals surface area (Å²) in [6, 6.07) is 12.4. The van der Waals surface area contributed by atoms with Crippen LogP contribution in [0.15, 0.2) is 42.5 Å². The Kier molecular flexibility index (Phi) is 10.2. The average molecular weight is 465 g/mol. The number of hydrogen-bond acceptors (Lipinski definition) is 3. The Hall–Kier alpha value is -2.24. The largest absolute Gasteiger partial charge is 0.494 e. The number of amides is 2. The number of benzene rings is 2. The van der Waals surface area contributed by atoms with Gasteiger partial charge in [0.05, 0.1) is 6.61 Å². The van der Waals surface area contributed by atoms with Crippen molar-refractivity contribution in [3.8, 4) is 5.75 Å². The molecule has 7 heteroatoms. The summed E-state index contributed by atoms with van der Waals surface area (Å²) in [6.07, 6.45) is 1.32. The van der Waals surface area contributed by atoms with Gasteiger partial charge in [-0.2, -0.15) is 0 Å². The zero-order chi connectivity index (χ0) is 22.8. The molecule has 0 saturated heterocycles. The number of aryl methyl sites for hydroxylation is 1. The molecular weight excluding hydrogens is 435 g/mol. The van der Waals surface area contributed by atoms with Crippen molar-refractivity contribution in [2.75, 3.05) is 13.2 Å². The van der Waals surface area contributed by atoms with Gasteiger partial charge < -0.3 is 15.0 Å². The van der Waals surface area contributed by atoms with Crippen molar-refractivity contribution < 1.29 is 14.3 Å². The molecule has 168 valence electrons. The first-order valence-electron chi connectivity index (χ1n) is 10.6. The molecule has 1 N–H and O–H groups in total. The van der Waals surface area contributed by atoms with E-state index in [1.54, 1.807) is 23.1 Å². The van der Waals surface area contributed by atoms with E-state index < -0.39 is 6.04 Å². The van der Waals surface area contributed by atoms with E-state index in [1.807, 2.05) is 45.0 Å². The number of ether oxygens (including phenoxy) is 1. The minimum absolute atomic E-state index is 0.114. The van der Waals surface area contributed by atoms with E-state index >= 15 is 0 Å². The molecule has 5 nitrogen and oxygen atoms in total. The molecule has 2 aromatic rings. The third kappa shape index (κ3) is 7.75. The first kappa shape index (κ1) is 25.0. The van der Waals surface area contributed by atoms with Gasteiger partial charge in [-0.3, -0.25) is 9.59 Å². The summed E-state index contributed by atoms with van der Waals surface area (Å²) in [4.78, 5) is 27.3. The van der Waals surface area contributed by atoms with E-state index in [-0.39, 0.29) is 24.8 Å². The maximum Gasteiger partial charge on any atom is 0.242 e. The van der Waals surface area contributed by atoms with Crippen LogP contribution in [0.3, 0.4) is 0 Å². The molecule has 0 bridgehead atoms. The highest BCUT2D eigenvalue weighted by Crippen LogP contribution is 2.24. The Balaban J connectivity index is 2.07. The van der Waals surface area contributed by atoms with Gasteiger partial charge in [-0.05, 0) is 56.5 Å². The number of halogens is 2. The molecule has 0 fully saturated rings. The lowest BCUT2D eigenvalue weighted by Gasteiger charge is -2.31. The van der Waals surface area contributed by atoms with Crippen molar-refractivity contribution in [1.82, 2.24) is 10.2 Å². The summed E-state index contributed by atoms with van der Waals surface area (Å²) in [5, 5.41) is 3.82. The lowest BCUT2D eigenvalue weighted by Crippen LogP contribution is -2.49. The smallest absolute Gasteiger partial charge is 0.242 e. The van der Waals surface area contributed by atoms with Crippen LogP contribution in [-0.4, -0.2) is 35.9 Å². The molecule has 0 aliphatic rings. The number of nitrogens with one attached hydrogen (secondary N) is 1. The third-order valence-corrected chi connectivity index (χ3v) is 5.50. The fourth-order valence-corrected chi connectivity index (χ4v) is 3.70. The molecule has 0 aromatic heterocycles. The van der Waals surface area contributed by atoms with Gasteiger partial charge in [-0.1, -0.05) is 53.9 Å². The van der Waals surface area contributed by atoms with Gasteiger partial charge in [0.15, 0.2) is 0 Å². The SMILES string of the molecule is CCNC(=O)C(CC)N(Cc1ccc(Cl)cc1Cl)C(=O)CCCOc1ccc(C)cc1. The van der Waals surface area contributed by atoms with Crippen molar-refractivity contribution in [2.24, 2.45) is 0 Å². The van der Waals surface area contributed by atoms with E-state index in [9.17, 15) is 9.59 Å². The van der Waals surface area contributed by atoms with Gasteiger partial charge in [0.1, 0.15) is 11.8 Å². The molecule has 2 rings (SSSR count). The monoisotopic (exact) mass is 464 g/mol. The van der Waals surface area contributed by atoms with Crippen molar-refractivity contribution in [3.05, 3.63) is 63.6 Å². The van der Waals surface area contributed by atoms with Crippen LogP contribution in [0.25, 0.3) is 0 Å². The summed E-state index contributed by atoms with van der Waals surface area (Å²) in [6.45, 7) is 6.93. The molecule has 2 aromatic carbocycles. The van der Waals surface area contributed by atoms with Crippen molar-refractivity contribution >= 4 is 35.0 Å². The Labute approximate surface area is 194 Å². The molecular formula is C24H30Cl2N2O3. The van der Waals surface area contributed by atoms with Crippen LogP contribution in [-0.2, 0) is 16.1 Å². The Bertz CT molecular complexity index is 872. The molecule has 0 spiro atoms. The molecule has 0 radical (unpaired) electrons. The fourth-order valence-electron chi connectivity index (χ4n) is 3.24. The number of carbonyl (C=O) groups excluding carboxylic acids is 2. The van der Waals surface area contributed by atoms with Gasteiger partial charge in [0, 0.05) is 29.6 Å². The highest BCUT2D eigenvalue weighted by Gasteiger charge is 2.28. The second-order valence-corrected chi connectivity index (χ2v) is 8.18. The first-order chi connectivity index (χ1) is 14.8. The minimum atomic E-state index is -0.572. The molecule has 0 aliphatic heterocycles. The van der Waals surface area contributed by atoms with E-state index in [1.165, 1.54) is 0 Å². The first-order valence-corrected chi connectivity index (χ1v) is 11.3. The molecule has 31 heavy (non-hydrogen) atoms. The van der Waals surface area contributed by atoms with Crippen LogP contribution < -0.4 is 10.1 Å². The molecule has 0 saturated carbocycles. The van der Waals surface area contributed by atoms with Crippen LogP contribution in [0.4, 0.5) is 0 Å². The molecule has 1 atom stereocenters. The molecule has 0 heterocycles. The van der Waals surface area contributed by atoms with Crippen molar-refractivity contribution in [3.63, 3.8) is 0 Å². The number of hydrogen-bond donors (Lipinski definition) is 1. The van der Waals surface area contributed by atoms with Crippen LogP contribution in [0, 0.1) is 6.92 Å². The third-order valence-electron chi connectivity index (χ3n) is 4.92. The standard InChI is InChI=1S/C24H30Cl2N2O3/c1-4-22(24(30)27-5-2)28(16-18-10-11-19(25)15-21(18)26)23(29)7-6-14-31-20-12-8-17(3)9-13-20/h8-13,15,22H,4-7,14,16H2,1-3H3,(H,27,30). The van der Waals surface area contributed by atoms with Crippen LogP contribution in [0.2, 0.25) is 10.0 Å². The minimum Gasteiger partial charge on any atom is -0.494 e. The highest BCUT2D eigenvalue weighted by molar-refractivity contribution is 6.35. The second kappa shape index (κ2) is 12.6. The summed E-state index contributed by atoms with van der Waals surface area (Å²) >= 11 is 12.3. The maximum atomic E-state index is 13.1. The molecule has 1 unspecified atom stereocenters.